The van der Waals surface area contributed by atoms with Gasteiger partial charge in [-0.2, -0.15) is 0 Å². The maximum atomic E-state index is 11.9. The summed E-state index contributed by atoms with van der Waals surface area (Å²) >= 11 is 1.35. The average Bonchev–Trinajstić information content (AvgIpc) is 2.71. The van der Waals surface area contributed by atoms with Crippen LogP contribution in [0.25, 0.3) is 0 Å². The fraction of sp³-hybridized carbons (Fsp3) is 0.231. The third-order valence-corrected chi connectivity index (χ3v) is 3.75. The van der Waals surface area contributed by atoms with Crippen molar-refractivity contribution in [1.29, 1.82) is 0 Å². The second-order valence-corrected chi connectivity index (χ2v) is 4.91. The normalized spacial score (nSPS) is 16.8. The van der Waals surface area contributed by atoms with Gasteiger partial charge in [0.1, 0.15) is 5.75 Å². The maximum Gasteiger partial charge on any atom is 0.251 e. The molecule has 1 fully saturated rings. The largest absolute Gasteiger partial charge is 0.495 e. The summed E-state index contributed by atoms with van der Waals surface area (Å²) in [6, 6.07) is 7.16. The van der Waals surface area contributed by atoms with Crippen molar-refractivity contribution in [2.24, 2.45) is 0 Å². The molecule has 0 unspecified atom stereocenters. The number of para-hydroxylation sites is 2. The van der Waals surface area contributed by atoms with Crippen LogP contribution in [0.5, 0.6) is 5.75 Å². The lowest BCUT2D eigenvalue weighted by atomic mass is 10.3. The Balaban J connectivity index is 2.10. The van der Waals surface area contributed by atoms with E-state index in [0.717, 1.165) is 0 Å². The summed E-state index contributed by atoms with van der Waals surface area (Å²) in [5.74, 6) is 0.692. The highest BCUT2D eigenvalue weighted by atomic mass is 32.2. The van der Waals surface area contributed by atoms with Crippen molar-refractivity contribution in [3.63, 3.8) is 0 Å². The Labute approximate surface area is 115 Å². The second kappa shape index (κ2) is 5.79. The zero-order valence-corrected chi connectivity index (χ0v) is 11.5. The molecule has 2 amide bonds. The van der Waals surface area contributed by atoms with Gasteiger partial charge < -0.3 is 15.0 Å². The molecule has 1 aliphatic heterocycles. The lowest BCUT2D eigenvalue weighted by Gasteiger charge is -2.10. The Morgan fingerprint density at radius 2 is 2.21 bits per heavy atom. The van der Waals surface area contributed by atoms with Gasteiger partial charge in [-0.05, 0) is 12.1 Å². The zero-order valence-electron chi connectivity index (χ0n) is 10.7. The summed E-state index contributed by atoms with van der Waals surface area (Å²) in [6.45, 7) is 0. The minimum Gasteiger partial charge on any atom is -0.495 e. The Kier molecular flexibility index (Phi) is 4.11. The molecule has 0 radical (unpaired) electrons. The Bertz CT molecular complexity index is 542. The number of carbonyl (C=O) groups excluding carboxylic acids is 2. The standard InChI is InChI=1S/C13H14N2O3S/c1-15-12(17)8-19-13(15)7-11(16)14-9-5-3-4-6-10(9)18-2/h3-7H,8H2,1-2H3,(H,14,16)/b13-7+. The van der Waals surface area contributed by atoms with Gasteiger partial charge in [0.05, 0.1) is 23.6 Å². The number of nitrogens with one attached hydrogen (secondary N) is 1. The Morgan fingerprint density at radius 1 is 1.47 bits per heavy atom. The molecule has 0 saturated carbocycles. The third-order valence-electron chi connectivity index (χ3n) is 2.67. The lowest BCUT2D eigenvalue weighted by molar-refractivity contribution is -0.124. The van der Waals surface area contributed by atoms with Gasteiger partial charge in [-0.15, -0.1) is 0 Å². The van der Waals surface area contributed by atoms with Crippen LogP contribution in [-0.2, 0) is 9.59 Å². The van der Waals surface area contributed by atoms with Crippen LogP contribution in [0, 0.1) is 0 Å². The van der Waals surface area contributed by atoms with Crippen LogP contribution in [0.2, 0.25) is 0 Å². The summed E-state index contributed by atoms with van der Waals surface area (Å²) in [5.41, 5.74) is 0.601. The summed E-state index contributed by atoms with van der Waals surface area (Å²) < 4.78 is 5.15. The summed E-state index contributed by atoms with van der Waals surface area (Å²) in [4.78, 5) is 24.7. The molecule has 0 spiro atoms. The van der Waals surface area contributed by atoms with E-state index in [1.165, 1.54) is 22.7 Å². The van der Waals surface area contributed by atoms with Gasteiger partial charge in [-0.1, -0.05) is 23.9 Å². The lowest BCUT2D eigenvalue weighted by Crippen LogP contribution is -2.20. The minimum atomic E-state index is -0.284. The van der Waals surface area contributed by atoms with Crippen molar-refractivity contribution in [1.82, 2.24) is 4.90 Å². The number of amides is 2. The van der Waals surface area contributed by atoms with Crippen LogP contribution in [0.1, 0.15) is 0 Å². The molecule has 100 valence electrons. The van der Waals surface area contributed by atoms with Gasteiger partial charge in [0.2, 0.25) is 5.91 Å². The molecule has 1 aliphatic rings. The summed E-state index contributed by atoms with van der Waals surface area (Å²) in [6.07, 6.45) is 1.42. The predicted molar refractivity (Wildman–Crippen MR) is 74.9 cm³/mol. The Hall–Kier alpha value is -1.95. The number of anilines is 1. The first-order valence-electron chi connectivity index (χ1n) is 5.67. The first kappa shape index (κ1) is 13.5. The molecule has 1 aromatic carbocycles. The highest BCUT2D eigenvalue weighted by Gasteiger charge is 2.23. The molecule has 0 atom stereocenters. The molecule has 0 aliphatic carbocycles. The van der Waals surface area contributed by atoms with Gasteiger partial charge in [-0.25, -0.2) is 0 Å². The number of hydrogen-bond donors (Lipinski definition) is 1. The second-order valence-electron chi connectivity index (χ2n) is 3.91. The molecule has 0 bridgehead atoms. The van der Waals surface area contributed by atoms with Crippen molar-refractivity contribution in [3.8, 4) is 5.75 Å². The predicted octanol–water partition coefficient (Wildman–Crippen LogP) is 1.68. The van der Waals surface area contributed by atoms with E-state index in [4.69, 9.17) is 4.74 Å². The van der Waals surface area contributed by atoms with Crippen molar-refractivity contribution in [3.05, 3.63) is 35.4 Å². The number of rotatable bonds is 3. The van der Waals surface area contributed by atoms with Gasteiger partial charge in [0.15, 0.2) is 0 Å². The van der Waals surface area contributed by atoms with Crippen molar-refractivity contribution < 1.29 is 14.3 Å². The number of nitrogens with zero attached hydrogens (tertiary/aromatic N) is 1. The van der Waals surface area contributed by atoms with Crippen LogP contribution in [0.15, 0.2) is 35.4 Å². The molecule has 1 aromatic rings. The molecule has 0 aromatic heterocycles. The van der Waals surface area contributed by atoms with Crippen LogP contribution in [-0.4, -0.2) is 36.6 Å². The smallest absolute Gasteiger partial charge is 0.251 e. The quantitative estimate of drug-likeness (QED) is 0.855. The minimum absolute atomic E-state index is 0.00124. The van der Waals surface area contributed by atoms with Crippen molar-refractivity contribution in [2.45, 2.75) is 0 Å². The van der Waals surface area contributed by atoms with E-state index in [1.54, 1.807) is 26.3 Å². The first-order valence-corrected chi connectivity index (χ1v) is 6.65. The molecule has 19 heavy (non-hydrogen) atoms. The van der Waals surface area contributed by atoms with Crippen molar-refractivity contribution >= 4 is 29.3 Å². The van der Waals surface area contributed by atoms with Crippen LogP contribution >= 0.6 is 11.8 Å². The molecular formula is C13H14N2O3S. The van der Waals surface area contributed by atoms with Gasteiger partial charge >= 0.3 is 0 Å². The van der Waals surface area contributed by atoms with Gasteiger partial charge in [-0.3, -0.25) is 9.59 Å². The highest BCUT2D eigenvalue weighted by Crippen LogP contribution is 2.27. The van der Waals surface area contributed by atoms with Crippen LogP contribution in [0.3, 0.4) is 0 Å². The summed E-state index contributed by atoms with van der Waals surface area (Å²) in [5, 5.41) is 3.38. The van der Waals surface area contributed by atoms with E-state index in [9.17, 15) is 9.59 Å². The van der Waals surface area contributed by atoms with Crippen molar-refractivity contribution in [2.75, 3.05) is 25.2 Å². The molecule has 1 saturated heterocycles. The van der Waals surface area contributed by atoms with E-state index in [1.807, 2.05) is 12.1 Å². The SMILES string of the molecule is COc1ccccc1NC(=O)/C=C1/SCC(=O)N1C. The van der Waals surface area contributed by atoms with E-state index < -0.39 is 0 Å². The fourth-order valence-electron chi connectivity index (χ4n) is 1.62. The first-order chi connectivity index (χ1) is 9.11. The molecule has 1 heterocycles. The van der Waals surface area contributed by atoms with Gasteiger partial charge in [0.25, 0.3) is 5.91 Å². The monoisotopic (exact) mass is 278 g/mol. The summed E-state index contributed by atoms with van der Waals surface area (Å²) in [7, 11) is 3.20. The fourth-order valence-corrected chi connectivity index (χ4v) is 2.57. The third kappa shape index (κ3) is 3.08. The van der Waals surface area contributed by atoms with E-state index in [0.29, 0.717) is 22.2 Å². The number of ether oxygens (including phenoxy) is 1. The molecule has 6 heteroatoms. The highest BCUT2D eigenvalue weighted by molar-refractivity contribution is 8.04. The topological polar surface area (TPSA) is 58.6 Å². The average molecular weight is 278 g/mol. The number of methoxy groups -OCH3 is 1. The molecular weight excluding hydrogens is 264 g/mol. The number of benzene rings is 1. The van der Waals surface area contributed by atoms with E-state index in [2.05, 4.69) is 5.32 Å². The van der Waals surface area contributed by atoms with E-state index >= 15 is 0 Å². The number of carbonyl (C=O) groups is 2. The van der Waals surface area contributed by atoms with Gasteiger partial charge in [0, 0.05) is 13.1 Å². The number of hydrogen-bond acceptors (Lipinski definition) is 4. The molecule has 1 N–H and O–H groups in total. The molecule has 5 nitrogen and oxygen atoms in total. The maximum absolute atomic E-state index is 11.9. The van der Waals surface area contributed by atoms with E-state index in [-0.39, 0.29) is 11.8 Å². The van der Waals surface area contributed by atoms with Crippen LogP contribution in [0.4, 0.5) is 5.69 Å². The Morgan fingerprint density at radius 3 is 2.84 bits per heavy atom. The number of thioether (sulfide) groups is 1. The zero-order chi connectivity index (χ0) is 13.8. The molecule has 2 rings (SSSR count). The van der Waals surface area contributed by atoms with Crippen LogP contribution < -0.4 is 10.1 Å².